The average molecular weight is 443 g/mol. The van der Waals surface area contributed by atoms with Crippen molar-refractivity contribution in [2.24, 2.45) is 7.05 Å². The summed E-state index contributed by atoms with van der Waals surface area (Å²) < 4.78 is 40.8. The summed E-state index contributed by atoms with van der Waals surface area (Å²) in [6.45, 7) is 0.0510. The SMILES string of the molecule is Cn1cc(C(CC(=O)NCc2cccc(C(F)(F)F)c2)c2cccs2)c2ccccc21. The van der Waals surface area contributed by atoms with E-state index >= 15 is 0 Å². The molecule has 2 aromatic heterocycles. The highest BCUT2D eigenvalue weighted by Crippen LogP contribution is 2.36. The lowest BCUT2D eigenvalue weighted by Crippen LogP contribution is -2.25. The van der Waals surface area contributed by atoms with Gasteiger partial charge in [-0.2, -0.15) is 13.2 Å². The number of para-hydroxylation sites is 1. The van der Waals surface area contributed by atoms with Crippen LogP contribution in [-0.4, -0.2) is 10.5 Å². The smallest absolute Gasteiger partial charge is 0.352 e. The van der Waals surface area contributed by atoms with E-state index in [2.05, 4.69) is 11.5 Å². The number of fused-ring (bicyclic) bond motifs is 1. The molecule has 1 atom stereocenters. The molecule has 0 radical (unpaired) electrons. The summed E-state index contributed by atoms with van der Waals surface area (Å²) in [5, 5.41) is 5.86. The molecule has 4 rings (SSSR count). The van der Waals surface area contributed by atoms with Crippen LogP contribution in [0.15, 0.2) is 72.2 Å². The van der Waals surface area contributed by atoms with Crippen molar-refractivity contribution < 1.29 is 18.0 Å². The highest BCUT2D eigenvalue weighted by molar-refractivity contribution is 7.10. The van der Waals surface area contributed by atoms with Crippen LogP contribution < -0.4 is 5.32 Å². The van der Waals surface area contributed by atoms with Gasteiger partial charge in [-0.15, -0.1) is 11.3 Å². The molecule has 0 spiro atoms. The first-order valence-electron chi connectivity index (χ1n) is 9.83. The Morgan fingerprint density at radius 1 is 1.10 bits per heavy atom. The van der Waals surface area contributed by atoms with Crippen molar-refractivity contribution in [2.45, 2.75) is 25.1 Å². The summed E-state index contributed by atoms with van der Waals surface area (Å²) in [5.74, 6) is -0.337. The predicted molar refractivity (Wildman–Crippen MR) is 117 cm³/mol. The Morgan fingerprint density at radius 3 is 2.65 bits per heavy atom. The number of alkyl halides is 3. The van der Waals surface area contributed by atoms with E-state index < -0.39 is 11.7 Å². The van der Waals surface area contributed by atoms with Gasteiger partial charge in [0.2, 0.25) is 5.91 Å². The van der Waals surface area contributed by atoms with E-state index in [9.17, 15) is 18.0 Å². The molecule has 1 unspecified atom stereocenters. The number of benzene rings is 2. The van der Waals surface area contributed by atoms with Crippen LogP contribution in [0.3, 0.4) is 0 Å². The number of aromatic nitrogens is 1. The third kappa shape index (κ3) is 4.66. The van der Waals surface area contributed by atoms with Gasteiger partial charge in [0, 0.05) is 47.9 Å². The molecule has 4 aromatic rings. The molecule has 0 bridgehead atoms. The maximum absolute atomic E-state index is 12.9. The molecule has 2 heterocycles. The van der Waals surface area contributed by atoms with Crippen molar-refractivity contribution in [1.82, 2.24) is 9.88 Å². The zero-order valence-electron chi connectivity index (χ0n) is 16.8. The van der Waals surface area contributed by atoms with Gasteiger partial charge in [-0.3, -0.25) is 4.79 Å². The average Bonchev–Trinajstić information content (AvgIpc) is 3.39. The van der Waals surface area contributed by atoms with Crippen LogP contribution in [0.2, 0.25) is 0 Å². The standard InChI is InChI=1S/C24H21F3N2OS/c1-29-15-20(18-8-2-3-9-21(18)29)19(22-10-5-11-31-22)13-23(30)28-14-16-6-4-7-17(12-16)24(25,26)27/h2-12,15,19H,13-14H2,1H3,(H,28,30). The second kappa shape index (κ2) is 8.59. The molecule has 7 heteroatoms. The Kier molecular flexibility index (Phi) is 5.87. The number of nitrogens with one attached hydrogen (secondary N) is 1. The fraction of sp³-hybridized carbons (Fsp3) is 0.208. The largest absolute Gasteiger partial charge is 0.416 e. The molecule has 0 fully saturated rings. The molecule has 1 N–H and O–H groups in total. The van der Waals surface area contributed by atoms with E-state index in [1.165, 1.54) is 6.07 Å². The molecule has 3 nitrogen and oxygen atoms in total. The van der Waals surface area contributed by atoms with Crippen molar-refractivity contribution in [3.8, 4) is 0 Å². The van der Waals surface area contributed by atoms with Gasteiger partial charge in [0.1, 0.15) is 0 Å². The number of nitrogens with zero attached hydrogens (tertiary/aromatic N) is 1. The Hall–Kier alpha value is -3.06. The van der Waals surface area contributed by atoms with E-state index in [-0.39, 0.29) is 24.8 Å². The van der Waals surface area contributed by atoms with Crippen molar-refractivity contribution >= 4 is 28.1 Å². The summed E-state index contributed by atoms with van der Waals surface area (Å²) in [6.07, 6.45) is -2.14. The van der Waals surface area contributed by atoms with Gasteiger partial charge in [0.05, 0.1) is 5.56 Å². The molecule has 0 aliphatic carbocycles. The first-order chi connectivity index (χ1) is 14.8. The summed E-state index contributed by atoms with van der Waals surface area (Å²) in [7, 11) is 1.98. The molecule has 160 valence electrons. The third-order valence-electron chi connectivity index (χ3n) is 5.32. The van der Waals surface area contributed by atoms with Crippen molar-refractivity contribution in [1.29, 1.82) is 0 Å². The molecule has 0 aliphatic rings. The van der Waals surface area contributed by atoms with Crippen LogP contribution in [0.25, 0.3) is 10.9 Å². The van der Waals surface area contributed by atoms with Crippen LogP contribution >= 0.6 is 11.3 Å². The minimum Gasteiger partial charge on any atom is -0.352 e. The fourth-order valence-electron chi connectivity index (χ4n) is 3.82. The minimum atomic E-state index is -4.40. The lowest BCUT2D eigenvalue weighted by molar-refractivity contribution is -0.137. The normalized spacial score (nSPS) is 12.8. The minimum absolute atomic E-state index is 0.0510. The number of carbonyl (C=O) groups is 1. The van der Waals surface area contributed by atoms with Crippen LogP contribution in [0.1, 0.15) is 33.9 Å². The molecule has 0 saturated carbocycles. The van der Waals surface area contributed by atoms with Gasteiger partial charge in [-0.25, -0.2) is 0 Å². The van der Waals surface area contributed by atoms with Crippen molar-refractivity contribution in [3.05, 3.63) is 93.8 Å². The number of hydrogen-bond donors (Lipinski definition) is 1. The van der Waals surface area contributed by atoms with E-state index in [0.717, 1.165) is 33.5 Å². The fourth-order valence-corrected chi connectivity index (χ4v) is 4.67. The maximum atomic E-state index is 12.9. The zero-order valence-corrected chi connectivity index (χ0v) is 17.6. The monoisotopic (exact) mass is 442 g/mol. The lowest BCUT2D eigenvalue weighted by Gasteiger charge is -2.16. The Balaban J connectivity index is 1.54. The van der Waals surface area contributed by atoms with E-state index in [1.807, 2.05) is 53.4 Å². The molecular formula is C24H21F3N2OS. The Labute approximate surface area is 182 Å². The highest BCUT2D eigenvalue weighted by Gasteiger charge is 2.30. The van der Waals surface area contributed by atoms with Gasteiger partial charge >= 0.3 is 6.18 Å². The molecule has 1 amide bonds. The van der Waals surface area contributed by atoms with Crippen LogP contribution in [-0.2, 0) is 24.6 Å². The highest BCUT2D eigenvalue weighted by atomic mass is 32.1. The summed E-state index contributed by atoms with van der Waals surface area (Å²) >= 11 is 1.59. The van der Waals surface area contributed by atoms with Crippen LogP contribution in [0, 0.1) is 0 Å². The Bertz CT molecular complexity index is 1200. The van der Waals surface area contributed by atoms with Crippen LogP contribution in [0.4, 0.5) is 13.2 Å². The summed E-state index contributed by atoms with van der Waals surface area (Å²) in [4.78, 5) is 13.9. The lowest BCUT2D eigenvalue weighted by atomic mass is 9.93. The molecule has 2 aromatic carbocycles. The van der Waals surface area contributed by atoms with E-state index in [0.29, 0.717) is 5.56 Å². The number of hydrogen-bond acceptors (Lipinski definition) is 2. The second-order valence-corrected chi connectivity index (χ2v) is 8.44. The molecule has 0 aliphatic heterocycles. The zero-order chi connectivity index (χ0) is 22.0. The van der Waals surface area contributed by atoms with Crippen LogP contribution in [0.5, 0.6) is 0 Å². The number of halogens is 3. The topological polar surface area (TPSA) is 34.0 Å². The maximum Gasteiger partial charge on any atom is 0.416 e. The number of thiophene rings is 1. The number of aryl methyl sites for hydroxylation is 1. The second-order valence-electron chi connectivity index (χ2n) is 7.46. The molecule has 0 saturated heterocycles. The van der Waals surface area contributed by atoms with E-state index in [1.54, 1.807) is 17.4 Å². The van der Waals surface area contributed by atoms with Crippen molar-refractivity contribution in [3.63, 3.8) is 0 Å². The van der Waals surface area contributed by atoms with Gasteiger partial charge in [-0.05, 0) is 40.8 Å². The predicted octanol–water partition coefficient (Wildman–Crippen LogP) is 6.10. The Morgan fingerprint density at radius 2 is 1.90 bits per heavy atom. The summed E-state index contributed by atoms with van der Waals surface area (Å²) in [5.41, 5.74) is 1.85. The molecule has 31 heavy (non-hydrogen) atoms. The van der Waals surface area contributed by atoms with E-state index in [4.69, 9.17) is 0 Å². The van der Waals surface area contributed by atoms with Gasteiger partial charge in [0.15, 0.2) is 0 Å². The summed E-state index contributed by atoms with van der Waals surface area (Å²) in [6, 6.07) is 17.0. The molecular weight excluding hydrogens is 421 g/mol. The van der Waals surface area contributed by atoms with Gasteiger partial charge < -0.3 is 9.88 Å². The van der Waals surface area contributed by atoms with Crippen molar-refractivity contribution in [2.75, 3.05) is 0 Å². The number of carbonyl (C=O) groups excluding carboxylic acids is 1. The first-order valence-corrected chi connectivity index (χ1v) is 10.7. The quantitative estimate of drug-likeness (QED) is 0.385. The number of amides is 1. The van der Waals surface area contributed by atoms with Gasteiger partial charge in [-0.1, -0.05) is 36.4 Å². The third-order valence-corrected chi connectivity index (χ3v) is 6.31. The number of rotatable bonds is 6. The first kappa shape index (κ1) is 21.2. The van der Waals surface area contributed by atoms with Gasteiger partial charge in [0.25, 0.3) is 0 Å².